The Bertz CT molecular complexity index is 340. The summed E-state index contributed by atoms with van der Waals surface area (Å²) in [6, 6.07) is -0.928. The van der Waals surface area contributed by atoms with E-state index in [1.807, 2.05) is 20.8 Å². The van der Waals surface area contributed by atoms with Crippen molar-refractivity contribution in [1.82, 2.24) is 16.0 Å². The molecular formula is C11H19F2N3O2. The molecule has 0 aromatic rings. The van der Waals surface area contributed by atoms with Gasteiger partial charge < -0.3 is 10.6 Å². The highest BCUT2D eigenvalue weighted by Crippen LogP contribution is 2.24. The number of amides is 2. The molecule has 0 aromatic heterocycles. The van der Waals surface area contributed by atoms with Crippen molar-refractivity contribution in [2.45, 2.75) is 44.7 Å². The van der Waals surface area contributed by atoms with Crippen LogP contribution in [-0.2, 0) is 9.59 Å². The lowest BCUT2D eigenvalue weighted by Gasteiger charge is -2.20. The Morgan fingerprint density at radius 1 is 1.39 bits per heavy atom. The summed E-state index contributed by atoms with van der Waals surface area (Å²) in [5.41, 5.74) is -0.388. The SMILES string of the molecule is CC(C)(C)NC(=O)CNC(=O)C1CC(F)(F)CN1. The maximum absolute atomic E-state index is 12.9. The van der Waals surface area contributed by atoms with Gasteiger partial charge >= 0.3 is 0 Å². The fraction of sp³-hybridized carbons (Fsp3) is 0.818. The van der Waals surface area contributed by atoms with Gasteiger partial charge in [-0.3, -0.25) is 14.9 Å². The van der Waals surface area contributed by atoms with Crippen molar-refractivity contribution in [3.63, 3.8) is 0 Å². The topological polar surface area (TPSA) is 70.2 Å². The van der Waals surface area contributed by atoms with Gasteiger partial charge in [0, 0.05) is 12.0 Å². The molecule has 1 unspecified atom stereocenters. The minimum absolute atomic E-state index is 0.208. The van der Waals surface area contributed by atoms with Crippen molar-refractivity contribution < 1.29 is 18.4 Å². The van der Waals surface area contributed by atoms with Crippen molar-refractivity contribution in [1.29, 1.82) is 0 Å². The van der Waals surface area contributed by atoms with Gasteiger partial charge in [-0.1, -0.05) is 0 Å². The fourth-order valence-electron chi connectivity index (χ4n) is 1.65. The summed E-state index contributed by atoms with van der Waals surface area (Å²) < 4.78 is 25.7. The Labute approximate surface area is 105 Å². The van der Waals surface area contributed by atoms with E-state index in [1.165, 1.54) is 0 Å². The van der Waals surface area contributed by atoms with E-state index in [-0.39, 0.29) is 18.0 Å². The zero-order chi connectivity index (χ0) is 14.0. The van der Waals surface area contributed by atoms with Gasteiger partial charge in [-0.15, -0.1) is 0 Å². The van der Waals surface area contributed by atoms with E-state index >= 15 is 0 Å². The second kappa shape index (κ2) is 5.17. The standard InChI is InChI=1S/C11H19F2N3O2/c1-10(2,3)16-8(17)5-14-9(18)7-4-11(12,13)6-15-7/h7,15H,4-6H2,1-3H3,(H,14,18)(H,16,17). The molecule has 104 valence electrons. The van der Waals surface area contributed by atoms with Gasteiger partial charge in [0.05, 0.1) is 19.1 Å². The molecule has 3 N–H and O–H groups in total. The first kappa shape index (κ1) is 14.8. The van der Waals surface area contributed by atoms with Crippen LogP contribution in [-0.4, -0.2) is 42.4 Å². The van der Waals surface area contributed by atoms with Gasteiger partial charge in [-0.25, -0.2) is 8.78 Å². The van der Waals surface area contributed by atoms with E-state index < -0.39 is 30.8 Å². The first-order valence-corrected chi connectivity index (χ1v) is 5.79. The van der Waals surface area contributed by atoms with E-state index in [1.54, 1.807) is 0 Å². The third-order valence-electron chi connectivity index (χ3n) is 2.36. The van der Waals surface area contributed by atoms with Crippen LogP contribution in [0.2, 0.25) is 0 Å². The molecule has 5 nitrogen and oxygen atoms in total. The predicted molar refractivity (Wildman–Crippen MR) is 62.3 cm³/mol. The van der Waals surface area contributed by atoms with Crippen LogP contribution in [0.4, 0.5) is 8.78 Å². The Morgan fingerprint density at radius 2 is 2.00 bits per heavy atom. The van der Waals surface area contributed by atoms with Crippen LogP contribution in [0, 0.1) is 0 Å². The van der Waals surface area contributed by atoms with Crippen LogP contribution < -0.4 is 16.0 Å². The first-order chi connectivity index (χ1) is 8.09. The molecule has 0 radical (unpaired) electrons. The lowest BCUT2D eigenvalue weighted by Crippen LogP contribution is -2.48. The van der Waals surface area contributed by atoms with Crippen molar-refractivity contribution in [2.75, 3.05) is 13.1 Å². The monoisotopic (exact) mass is 263 g/mol. The quantitative estimate of drug-likeness (QED) is 0.672. The Balaban J connectivity index is 2.32. The summed E-state index contributed by atoms with van der Waals surface area (Å²) in [6.45, 7) is 4.72. The lowest BCUT2D eigenvalue weighted by atomic mass is 10.1. The Morgan fingerprint density at radius 3 is 2.44 bits per heavy atom. The molecule has 1 aliphatic heterocycles. The minimum Gasteiger partial charge on any atom is -0.350 e. The summed E-state index contributed by atoms with van der Waals surface area (Å²) in [4.78, 5) is 22.9. The average molecular weight is 263 g/mol. The third-order valence-corrected chi connectivity index (χ3v) is 2.36. The molecule has 1 saturated heterocycles. The van der Waals surface area contributed by atoms with Crippen molar-refractivity contribution in [3.05, 3.63) is 0 Å². The van der Waals surface area contributed by atoms with Crippen LogP contribution in [0.25, 0.3) is 0 Å². The second-order valence-electron chi connectivity index (χ2n) is 5.51. The van der Waals surface area contributed by atoms with Gasteiger partial charge in [0.15, 0.2) is 0 Å². The van der Waals surface area contributed by atoms with Gasteiger partial charge in [-0.2, -0.15) is 0 Å². The van der Waals surface area contributed by atoms with Crippen molar-refractivity contribution in [3.8, 4) is 0 Å². The van der Waals surface area contributed by atoms with E-state index in [0.717, 1.165) is 0 Å². The zero-order valence-electron chi connectivity index (χ0n) is 10.8. The highest BCUT2D eigenvalue weighted by molar-refractivity contribution is 5.87. The van der Waals surface area contributed by atoms with Crippen molar-refractivity contribution >= 4 is 11.8 Å². The van der Waals surface area contributed by atoms with Crippen LogP contribution >= 0.6 is 0 Å². The number of halogens is 2. The molecule has 0 spiro atoms. The first-order valence-electron chi connectivity index (χ1n) is 5.79. The van der Waals surface area contributed by atoms with Crippen LogP contribution in [0.15, 0.2) is 0 Å². The third kappa shape index (κ3) is 4.95. The molecule has 1 aliphatic rings. The van der Waals surface area contributed by atoms with Gasteiger partial charge in [0.2, 0.25) is 11.8 Å². The summed E-state index contributed by atoms with van der Waals surface area (Å²) in [6.07, 6.45) is -0.528. The average Bonchev–Trinajstić information content (AvgIpc) is 2.52. The number of carbonyl (C=O) groups excluding carboxylic acids is 2. The summed E-state index contributed by atoms with van der Waals surface area (Å²) >= 11 is 0. The Kier molecular flexibility index (Phi) is 4.26. The maximum atomic E-state index is 12.9. The predicted octanol–water partition coefficient (Wildman–Crippen LogP) is 0.0145. The molecule has 0 bridgehead atoms. The van der Waals surface area contributed by atoms with Gasteiger partial charge in [-0.05, 0) is 20.8 Å². The van der Waals surface area contributed by atoms with E-state index in [2.05, 4.69) is 16.0 Å². The normalized spacial score (nSPS) is 22.6. The molecule has 7 heteroatoms. The fourth-order valence-corrected chi connectivity index (χ4v) is 1.65. The van der Waals surface area contributed by atoms with Gasteiger partial charge in [0.1, 0.15) is 0 Å². The molecule has 0 aliphatic carbocycles. The largest absolute Gasteiger partial charge is 0.350 e. The van der Waals surface area contributed by atoms with E-state index in [9.17, 15) is 18.4 Å². The molecule has 1 fully saturated rings. The molecule has 1 heterocycles. The zero-order valence-corrected chi connectivity index (χ0v) is 10.8. The lowest BCUT2D eigenvalue weighted by molar-refractivity contribution is -0.128. The van der Waals surface area contributed by atoms with Crippen LogP contribution in [0.3, 0.4) is 0 Å². The summed E-state index contributed by atoms with van der Waals surface area (Å²) in [5, 5.41) is 7.42. The summed E-state index contributed by atoms with van der Waals surface area (Å²) in [5.74, 6) is -3.77. The molecule has 1 atom stereocenters. The number of alkyl halides is 2. The Hall–Kier alpha value is -1.24. The smallest absolute Gasteiger partial charge is 0.262 e. The van der Waals surface area contributed by atoms with Crippen LogP contribution in [0.5, 0.6) is 0 Å². The van der Waals surface area contributed by atoms with E-state index in [4.69, 9.17) is 0 Å². The minimum atomic E-state index is -2.85. The number of hydrogen-bond acceptors (Lipinski definition) is 3. The molecule has 0 saturated carbocycles. The molecular weight excluding hydrogens is 244 g/mol. The molecule has 18 heavy (non-hydrogen) atoms. The molecule has 0 aromatic carbocycles. The molecule has 2 amide bonds. The highest BCUT2D eigenvalue weighted by Gasteiger charge is 2.42. The van der Waals surface area contributed by atoms with Gasteiger partial charge in [0.25, 0.3) is 5.92 Å². The number of rotatable bonds is 3. The number of hydrogen-bond donors (Lipinski definition) is 3. The van der Waals surface area contributed by atoms with Crippen molar-refractivity contribution in [2.24, 2.45) is 0 Å². The highest BCUT2D eigenvalue weighted by atomic mass is 19.3. The number of nitrogens with one attached hydrogen (secondary N) is 3. The molecule has 1 rings (SSSR count). The van der Waals surface area contributed by atoms with Crippen LogP contribution in [0.1, 0.15) is 27.2 Å². The second-order valence-corrected chi connectivity index (χ2v) is 5.51. The van der Waals surface area contributed by atoms with E-state index in [0.29, 0.717) is 0 Å². The maximum Gasteiger partial charge on any atom is 0.262 e. The summed E-state index contributed by atoms with van der Waals surface area (Å²) in [7, 11) is 0. The number of carbonyl (C=O) groups is 2.